The van der Waals surface area contributed by atoms with Crippen LogP contribution in [0.4, 0.5) is 11.6 Å². The van der Waals surface area contributed by atoms with Gasteiger partial charge in [0.15, 0.2) is 5.84 Å². The maximum atomic E-state index is 12.3. The minimum atomic E-state index is -3.59. The fourth-order valence-electron chi connectivity index (χ4n) is 3.94. The van der Waals surface area contributed by atoms with Gasteiger partial charge in [-0.25, -0.2) is 9.97 Å². The molecular formula is C19H22N6O3S. The molecule has 0 atom stereocenters. The number of aromatic nitrogens is 2. The van der Waals surface area contributed by atoms with Crippen molar-refractivity contribution in [3.05, 3.63) is 42.2 Å². The van der Waals surface area contributed by atoms with Crippen LogP contribution >= 0.6 is 0 Å². The minimum Gasteiger partial charge on any atom is -0.378 e. The molecule has 10 heteroatoms. The van der Waals surface area contributed by atoms with Gasteiger partial charge in [-0.05, 0) is 12.1 Å². The number of sulfonamides is 1. The molecule has 0 unspecified atom stereocenters. The van der Waals surface area contributed by atoms with Gasteiger partial charge in [0, 0.05) is 50.9 Å². The predicted molar refractivity (Wildman–Crippen MR) is 109 cm³/mol. The van der Waals surface area contributed by atoms with Crippen molar-refractivity contribution in [1.82, 2.24) is 14.9 Å². The van der Waals surface area contributed by atoms with Crippen LogP contribution in [0.1, 0.15) is 5.56 Å². The molecule has 2 fully saturated rings. The molecular weight excluding hydrogens is 392 g/mol. The first-order valence-electron chi connectivity index (χ1n) is 9.71. The second-order valence-electron chi connectivity index (χ2n) is 7.19. The van der Waals surface area contributed by atoms with Gasteiger partial charge in [0.2, 0.25) is 0 Å². The monoisotopic (exact) mass is 414 g/mol. The Bertz CT molecular complexity index is 1040. The van der Waals surface area contributed by atoms with Crippen molar-refractivity contribution in [2.75, 3.05) is 62.3 Å². The highest BCUT2D eigenvalue weighted by Gasteiger charge is 2.33. The lowest BCUT2D eigenvalue weighted by atomic mass is 10.1. The second kappa shape index (κ2) is 7.27. The molecule has 4 heterocycles. The molecule has 152 valence electrons. The van der Waals surface area contributed by atoms with Gasteiger partial charge >= 0.3 is 0 Å². The molecule has 0 spiro atoms. The van der Waals surface area contributed by atoms with Gasteiger partial charge in [0.05, 0.1) is 13.2 Å². The molecule has 0 aliphatic carbocycles. The van der Waals surface area contributed by atoms with Crippen LogP contribution in [0.15, 0.2) is 46.0 Å². The number of hydrogen-bond acceptors (Lipinski definition) is 8. The number of anilines is 2. The molecule has 0 bridgehead atoms. The van der Waals surface area contributed by atoms with Crippen LogP contribution in [0.25, 0.3) is 0 Å². The van der Waals surface area contributed by atoms with Crippen molar-refractivity contribution in [3.8, 4) is 0 Å². The van der Waals surface area contributed by atoms with Crippen molar-refractivity contribution < 1.29 is 13.2 Å². The highest BCUT2D eigenvalue weighted by atomic mass is 32.2. The van der Waals surface area contributed by atoms with E-state index in [1.807, 2.05) is 23.1 Å². The third kappa shape index (κ3) is 3.42. The topological polar surface area (TPSA) is 91.2 Å². The van der Waals surface area contributed by atoms with E-state index in [-0.39, 0.29) is 0 Å². The summed E-state index contributed by atoms with van der Waals surface area (Å²) in [5.41, 5.74) is 0.692. The zero-order valence-electron chi connectivity index (χ0n) is 15.9. The van der Waals surface area contributed by atoms with E-state index >= 15 is 0 Å². The lowest BCUT2D eigenvalue weighted by Gasteiger charge is -2.36. The highest BCUT2D eigenvalue weighted by Crippen LogP contribution is 2.28. The average molecular weight is 414 g/mol. The summed E-state index contributed by atoms with van der Waals surface area (Å²) in [6.07, 6.45) is 1.61. The molecule has 1 aromatic heterocycles. The quantitative estimate of drug-likeness (QED) is 0.705. The fourth-order valence-corrected chi connectivity index (χ4v) is 5.17. The minimum absolute atomic E-state index is 0.295. The summed E-state index contributed by atoms with van der Waals surface area (Å²) >= 11 is 0. The Morgan fingerprint density at radius 2 is 1.45 bits per heavy atom. The number of piperazine rings is 1. The molecule has 2 saturated heterocycles. The third-order valence-corrected chi connectivity index (χ3v) is 6.81. The predicted octanol–water partition coefficient (Wildman–Crippen LogP) is 0.584. The molecule has 3 aliphatic heterocycles. The van der Waals surface area contributed by atoms with Crippen LogP contribution in [0.5, 0.6) is 0 Å². The van der Waals surface area contributed by atoms with Gasteiger partial charge in [-0.15, -0.1) is 4.40 Å². The van der Waals surface area contributed by atoms with E-state index in [2.05, 4.69) is 24.2 Å². The van der Waals surface area contributed by atoms with Crippen LogP contribution in [-0.4, -0.2) is 81.6 Å². The summed E-state index contributed by atoms with van der Waals surface area (Å²) in [5.74, 6) is 2.36. The summed E-state index contributed by atoms with van der Waals surface area (Å²) in [6, 6.07) is 9.04. The van der Waals surface area contributed by atoms with Crippen LogP contribution < -0.4 is 9.80 Å². The Morgan fingerprint density at radius 3 is 2.17 bits per heavy atom. The Balaban J connectivity index is 1.30. The van der Waals surface area contributed by atoms with Crippen LogP contribution in [0.3, 0.4) is 0 Å². The standard InChI is InChI=1S/C19H22N6O3S/c26-29(27)16-4-2-1-3-15(16)19(22-29)25-7-5-23(6-8-25)17-13-18(21-14-20-17)24-9-11-28-12-10-24/h1-4,13-14H,5-12H2. The maximum absolute atomic E-state index is 12.3. The normalized spacial score (nSPS) is 21.1. The van der Waals surface area contributed by atoms with Gasteiger partial charge in [-0.3, -0.25) is 0 Å². The SMILES string of the molecule is O=S1(=O)N=C(N2CCN(c3cc(N4CCOCC4)ncn3)CC2)c2ccccc21. The maximum Gasteiger partial charge on any atom is 0.285 e. The summed E-state index contributed by atoms with van der Waals surface area (Å²) in [6.45, 7) is 5.92. The van der Waals surface area contributed by atoms with Crippen LogP contribution in [0, 0.1) is 0 Å². The summed E-state index contributed by atoms with van der Waals surface area (Å²) in [7, 11) is -3.59. The molecule has 0 N–H and O–H groups in total. The van der Waals surface area contributed by atoms with Gasteiger partial charge in [-0.1, -0.05) is 12.1 Å². The number of amidine groups is 1. The Hall–Kier alpha value is -2.72. The van der Waals surface area contributed by atoms with Gasteiger partial charge < -0.3 is 19.4 Å². The number of fused-ring (bicyclic) bond motifs is 1. The summed E-state index contributed by atoms with van der Waals surface area (Å²) in [5, 5.41) is 0. The first-order chi connectivity index (χ1) is 14.1. The molecule has 1 aromatic carbocycles. The highest BCUT2D eigenvalue weighted by molar-refractivity contribution is 7.90. The van der Waals surface area contributed by atoms with Crippen molar-refractivity contribution in [3.63, 3.8) is 0 Å². The van der Waals surface area contributed by atoms with Crippen LogP contribution in [0.2, 0.25) is 0 Å². The second-order valence-corrected chi connectivity index (χ2v) is 8.77. The first kappa shape index (κ1) is 18.3. The Kier molecular flexibility index (Phi) is 4.59. The molecule has 29 heavy (non-hydrogen) atoms. The lowest BCUT2D eigenvalue weighted by molar-refractivity contribution is 0.122. The smallest absolute Gasteiger partial charge is 0.285 e. The molecule has 3 aliphatic rings. The van der Waals surface area contributed by atoms with E-state index in [9.17, 15) is 8.42 Å². The molecule has 0 amide bonds. The first-order valence-corrected chi connectivity index (χ1v) is 11.1. The zero-order chi connectivity index (χ0) is 19.8. The molecule has 9 nitrogen and oxygen atoms in total. The number of rotatable bonds is 2. The van der Waals surface area contributed by atoms with E-state index in [1.165, 1.54) is 0 Å². The molecule has 5 rings (SSSR count). The van der Waals surface area contributed by atoms with Gasteiger partial charge in [0.1, 0.15) is 22.9 Å². The number of hydrogen-bond donors (Lipinski definition) is 0. The number of ether oxygens (including phenoxy) is 1. The molecule has 2 aromatic rings. The largest absolute Gasteiger partial charge is 0.378 e. The summed E-state index contributed by atoms with van der Waals surface area (Å²) in [4.78, 5) is 15.6. The lowest BCUT2D eigenvalue weighted by Crippen LogP contribution is -2.49. The number of benzene rings is 1. The molecule has 0 radical (unpaired) electrons. The van der Waals surface area contributed by atoms with Gasteiger partial charge in [0.25, 0.3) is 10.0 Å². The van der Waals surface area contributed by atoms with E-state index < -0.39 is 10.0 Å². The Labute approximate surface area is 169 Å². The van der Waals surface area contributed by atoms with Crippen molar-refractivity contribution in [2.24, 2.45) is 4.40 Å². The Morgan fingerprint density at radius 1 is 0.828 bits per heavy atom. The van der Waals surface area contributed by atoms with Crippen molar-refractivity contribution >= 4 is 27.5 Å². The molecule has 0 saturated carbocycles. The summed E-state index contributed by atoms with van der Waals surface area (Å²) < 4.78 is 34.1. The van der Waals surface area contributed by atoms with E-state index in [0.717, 1.165) is 37.8 Å². The van der Waals surface area contributed by atoms with Crippen molar-refractivity contribution in [2.45, 2.75) is 4.90 Å². The average Bonchev–Trinajstić information content (AvgIpc) is 3.06. The van der Waals surface area contributed by atoms with Crippen LogP contribution in [-0.2, 0) is 14.8 Å². The van der Waals surface area contributed by atoms with Crippen molar-refractivity contribution in [1.29, 1.82) is 0 Å². The van der Waals surface area contributed by atoms with E-state index in [4.69, 9.17) is 4.74 Å². The number of morpholine rings is 1. The van der Waals surface area contributed by atoms with E-state index in [1.54, 1.807) is 18.5 Å². The zero-order valence-corrected chi connectivity index (χ0v) is 16.8. The fraction of sp³-hybridized carbons (Fsp3) is 0.421. The van der Waals surface area contributed by atoms with E-state index in [0.29, 0.717) is 42.6 Å². The number of nitrogens with zero attached hydrogens (tertiary/aromatic N) is 6. The third-order valence-electron chi connectivity index (χ3n) is 5.49. The van der Waals surface area contributed by atoms with Gasteiger partial charge in [-0.2, -0.15) is 8.42 Å².